The molecular weight excluding hydrogens is 252 g/mol. The van der Waals surface area contributed by atoms with Gasteiger partial charge in [-0.3, -0.25) is 4.68 Å². The average Bonchev–Trinajstić information content (AvgIpc) is 2.83. The van der Waals surface area contributed by atoms with E-state index >= 15 is 0 Å². The highest BCUT2D eigenvalue weighted by atomic mass is 15.3. The second-order valence-corrected chi connectivity index (χ2v) is 5.06. The molecule has 0 saturated heterocycles. The molecular formula is C14H20N6. The minimum absolute atomic E-state index is 0.706. The number of nitrogen functional groups attached to an aromatic ring is 1. The van der Waals surface area contributed by atoms with Crippen molar-refractivity contribution >= 4 is 5.82 Å². The van der Waals surface area contributed by atoms with Crippen LogP contribution in [0.15, 0.2) is 12.3 Å². The predicted molar refractivity (Wildman–Crippen MR) is 78.0 cm³/mol. The van der Waals surface area contributed by atoms with E-state index in [0.29, 0.717) is 5.82 Å². The van der Waals surface area contributed by atoms with Crippen LogP contribution in [-0.2, 0) is 19.4 Å². The number of hydrazine groups is 1. The summed E-state index contributed by atoms with van der Waals surface area (Å²) >= 11 is 0. The number of nitrogens with one attached hydrogen (secondary N) is 1. The van der Waals surface area contributed by atoms with Crippen LogP contribution in [-0.4, -0.2) is 19.7 Å². The molecule has 0 aromatic carbocycles. The summed E-state index contributed by atoms with van der Waals surface area (Å²) in [6, 6.07) is 1.95. The highest BCUT2D eigenvalue weighted by molar-refractivity contribution is 5.56. The molecule has 0 unspecified atom stereocenters. The van der Waals surface area contributed by atoms with Crippen LogP contribution in [0.5, 0.6) is 0 Å². The maximum Gasteiger partial charge on any atom is 0.180 e. The molecule has 0 bridgehead atoms. The number of rotatable bonds is 3. The molecule has 1 aliphatic rings. The number of anilines is 1. The van der Waals surface area contributed by atoms with Crippen LogP contribution >= 0.6 is 0 Å². The number of aryl methyl sites for hydroxylation is 2. The lowest BCUT2D eigenvalue weighted by atomic mass is 10.1. The summed E-state index contributed by atoms with van der Waals surface area (Å²) in [5.41, 5.74) is 5.99. The van der Waals surface area contributed by atoms with Crippen LogP contribution in [0.3, 0.4) is 0 Å². The van der Waals surface area contributed by atoms with Crippen LogP contribution in [0.4, 0.5) is 5.82 Å². The molecule has 3 rings (SSSR count). The summed E-state index contributed by atoms with van der Waals surface area (Å²) in [5, 5.41) is 4.28. The van der Waals surface area contributed by atoms with Crippen LogP contribution in [0.25, 0.3) is 11.5 Å². The lowest BCUT2D eigenvalue weighted by Crippen LogP contribution is -2.15. The first-order valence-corrected chi connectivity index (χ1v) is 7.22. The smallest absolute Gasteiger partial charge is 0.180 e. The molecule has 2 aromatic heterocycles. The molecule has 6 heteroatoms. The van der Waals surface area contributed by atoms with Gasteiger partial charge in [-0.1, -0.05) is 6.42 Å². The van der Waals surface area contributed by atoms with E-state index in [9.17, 15) is 0 Å². The average molecular weight is 272 g/mol. The Morgan fingerprint density at radius 1 is 1.25 bits per heavy atom. The molecule has 20 heavy (non-hydrogen) atoms. The minimum Gasteiger partial charge on any atom is -0.308 e. The van der Waals surface area contributed by atoms with E-state index in [2.05, 4.69) is 22.4 Å². The molecule has 0 fully saturated rings. The first-order valence-electron chi connectivity index (χ1n) is 7.22. The molecule has 0 amide bonds. The number of aromatic nitrogens is 4. The number of fused-ring (bicyclic) bond motifs is 1. The van der Waals surface area contributed by atoms with Crippen LogP contribution < -0.4 is 11.3 Å². The highest BCUT2D eigenvalue weighted by Gasteiger charge is 2.18. The largest absolute Gasteiger partial charge is 0.308 e. The first kappa shape index (κ1) is 13.1. The van der Waals surface area contributed by atoms with Crippen molar-refractivity contribution in [3.63, 3.8) is 0 Å². The maximum atomic E-state index is 5.66. The van der Waals surface area contributed by atoms with Crippen molar-refractivity contribution in [2.24, 2.45) is 5.84 Å². The third-order valence-corrected chi connectivity index (χ3v) is 3.82. The minimum atomic E-state index is 0.706. The van der Waals surface area contributed by atoms with Crippen LogP contribution in [0, 0.1) is 0 Å². The van der Waals surface area contributed by atoms with Gasteiger partial charge >= 0.3 is 0 Å². The molecule has 2 aromatic rings. The Kier molecular flexibility index (Phi) is 3.64. The Bertz CT molecular complexity index is 604. The van der Waals surface area contributed by atoms with E-state index in [4.69, 9.17) is 10.8 Å². The summed E-state index contributed by atoms with van der Waals surface area (Å²) in [6.45, 7) is 2.86. The van der Waals surface area contributed by atoms with E-state index in [-0.39, 0.29) is 0 Å². The maximum absolute atomic E-state index is 5.66. The third kappa shape index (κ3) is 2.27. The van der Waals surface area contributed by atoms with Gasteiger partial charge in [-0.15, -0.1) is 0 Å². The number of hydrogen-bond acceptors (Lipinski definition) is 5. The van der Waals surface area contributed by atoms with Gasteiger partial charge in [0.15, 0.2) is 5.82 Å². The van der Waals surface area contributed by atoms with Gasteiger partial charge in [0.25, 0.3) is 0 Å². The Balaban J connectivity index is 2.11. The Hall–Kier alpha value is -1.95. The molecule has 0 spiro atoms. The number of nitrogens with two attached hydrogens (primary N) is 1. The number of hydrogen-bond donors (Lipinski definition) is 2. The van der Waals surface area contributed by atoms with Crippen molar-refractivity contribution in [1.29, 1.82) is 0 Å². The van der Waals surface area contributed by atoms with Gasteiger partial charge < -0.3 is 5.43 Å². The van der Waals surface area contributed by atoms with Gasteiger partial charge in [-0.05, 0) is 38.7 Å². The molecule has 1 aliphatic carbocycles. The Morgan fingerprint density at radius 3 is 2.90 bits per heavy atom. The highest BCUT2D eigenvalue weighted by Crippen LogP contribution is 2.27. The zero-order valence-corrected chi connectivity index (χ0v) is 11.8. The molecule has 0 radical (unpaired) electrons. The zero-order chi connectivity index (χ0) is 13.9. The van der Waals surface area contributed by atoms with E-state index in [1.165, 1.54) is 24.8 Å². The second kappa shape index (κ2) is 5.58. The molecule has 3 N–H and O–H groups in total. The fraction of sp³-hybridized carbons (Fsp3) is 0.500. The monoisotopic (exact) mass is 272 g/mol. The summed E-state index contributed by atoms with van der Waals surface area (Å²) in [7, 11) is 0. The van der Waals surface area contributed by atoms with Crippen molar-refractivity contribution in [3.8, 4) is 11.5 Å². The van der Waals surface area contributed by atoms with Crippen molar-refractivity contribution in [2.45, 2.75) is 45.6 Å². The molecule has 2 heterocycles. The normalized spacial score (nSPS) is 14.7. The van der Waals surface area contributed by atoms with Crippen LogP contribution in [0.2, 0.25) is 0 Å². The van der Waals surface area contributed by atoms with Crippen molar-refractivity contribution in [1.82, 2.24) is 19.7 Å². The van der Waals surface area contributed by atoms with Gasteiger partial charge in [0.2, 0.25) is 0 Å². The summed E-state index contributed by atoms with van der Waals surface area (Å²) in [6.07, 6.45) is 7.38. The van der Waals surface area contributed by atoms with Crippen molar-refractivity contribution in [2.75, 3.05) is 5.43 Å². The first-order chi connectivity index (χ1) is 9.83. The molecule has 0 saturated carbocycles. The summed E-state index contributed by atoms with van der Waals surface area (Å²) in [4.78, 5) is 9.35. The van der Waals surface area contributed by atoms with E-state index < -0.39 is 0 Å². The predicted octanol–water partition coefficient (Wildman–Crippen LogP) is 1.91. The van der Waals surface area contributed by atoms with Crippen molar-refractivity contribution < 1.29 is 0 Å². The number of nitrogens with zero attached hydrogens (tertiary/aromatic N) is 4. The van der Waals surface area contributed by atoms with E-state index in [1.54, 1.807) is 6.20 Å². The standard InChI is InChI=1S/C14H20N6/c1-2-20-12(8-9-16-20)14-17-11-7-5-3-4-6-10(11)13(18-14)19-15/h8-9H,2-7,15H2,1H3,(H,17,18,19). The van der Waals surface area contributed by atoms with Crippen LogP contribution in [0.1, 0.15) is 37.4 Å². The second-order valence-electron chi connectivity index (χ2n) is 5.06. The Morgan fingerprint density at radius 2 is 2.10 bits per heavy atom. The zero-order valence-electron chi connectivity index (χ0n) is 11.8. The van der Waals surface area contributed by atoms with E-state index in [1.807, 2.05) is 10.7 Å². The summed E-state index contributed by atoms with van der Waals surface area (Å²) in [5.74, 6) is 7.12. The van der Waals surface area contributed by atoms with Crippen molar-refractivity contribution in [3.05, 3.63) is 23.5 Å². The fourth-order valence-corrected chi connectivity index (χ4v) is 2.78. The van der Waals surface area contributed by atoms with Gasteiger partial charge in [0, 0.05) is 24.0 Å². The summed E-state index contributed by atoms with van der Waals surface area (Å²) < 4.78 is 1.90. The third-order valence-electron chi connectivity index (χ3n) is 3.82. The SMILES string of the molecule is CCn1nccc1-c1nc2c(c(NN)n1)CCCCC2. The van der Waals surface area contributed by atoms with Gasteiger partial charge in [-0.25, -0.2) is 15.8 Å². The topological polar surface area (TPSA) is 81.7 Å². The molecule has 106 valence electrons. The molecule has 6 nitrogen and oxygen atoms in total. The lowest BCUT2D eigenvalue weighted by Gasteiger charge is -2.13. The fourth-order valence-electron chi connectivity index (χ4n) is 2.78. The van der Waals surface area contributed by atoms with Gasteiger partial charge in [0.05, 0.1) is 0 Å². The quantitative estimate of drug-likeness (QED) is 0.507. The van der Waals surface area contributed by atoms with Gasteiger partial charge in [-0.2, -0.15) is 5.10 Å². The Labute approximate surface area is 118 Å². The van der Waals surface area contributed by atoms with Gasteiger partial charge in [0.1, 0.15) is 11.5 Å². The lowest BCUT2D eigenvalue weighted by molar-refractivity contribution is 0.663. The van der Waals surface area contributed by atoms with E-state index in [0.717, 1.165) is 36.6 Å². The molecule has 0 aliphatic heterocycles. The molecule has 0 atom stereocenters.